The van der Waals surface area contributed by atoms with E-state index in [1.54, 1.807) is 12.1 Å². The van der Waals surface area contributed by atoms with Crippen LogP contribution in [0.5, 0.6) is 0 Å². The molecule has 0 atom stereocenters. The maximum atomic E-state index is 12.4. The molecular formula is C21H30N4O3. The van der Waals surface area contributed by atoms with Crippen LogP contribution in [0.25, 0.3) is 0 Å². The molecule has 7 nitrogen and oxygen atoms in total. The van der Waals surface area contributed by atoms with Gasteiger partial charge >= 0.3 is 6.03 Å². The van der Waals surface area contributed by atoms with Gasteiger partial charge in [0.15, 0.2) is 0 Å². The van der Waals surface area contributed by atoms with E-state index in [1.807, 2.05) is 28.0 Å². The molecule has 7 heteroatoms. The average molecular weight is 386 g/mol. The molecule has 2 aliphatic rings. The van der Waals surface area contributed by atoms with Gasteiger partial charge in [0.2, 0.25) is 11.8 Å². The molecule has 1 aliphatic carbocycles. The van der Waals surface area contributed by atoms with Crippen molar-refractivity contribution in [2.24, 2.45) is 5.92 Å². The molecule has 3 rings (SSSR count). The summed E-state index contributed by atoms with van der Waals surface area (Å²) in [6, 6.07) is 8.46. The predicted octanol–water partition coefficient (Wildman–Crippen LogP) is 2.45. The summed E-state index contributed by atoms with van der Waals surface area (Å²) in [5.74, 6) is 0.628. The topological polar surface area (TPSA) is 81.8 Å². The molecular weight excluding hydrogens is 356 g/mol. The zero-order valence-electron chi connectivity index (χ0n) is 16.4. The summed E-state index contributed by atoms with van der Waals surface area (Å²) in [5, 5.41) is 4.98. The van der Waals surface area contributed by atoms with Crippen molar-refractivity contribution in [3.63, 3.8) is 0 Å². The summed E-state index contributed by atoms with van der Waals surface area (Å²) >= 11 is 0. The van der Waals surface area contributed by atoms with Crippen LogP contribution in [0.2, 0.25) is 0 Å². The number of carbonyl (C=O) groups is 3. The zero-order valence-corrected chi connectivity index (χ0v) is 16.4. The van der Waals surface area contributed by atoms with Gasteiger partial charge in [0.05, 0.1) is 6.54 Å². The van der Waals surface area contributed by atoms with E-state index in [0.717, 1.165) is 12.3 Å². The molecule has 0 aromatic heterocycles. The van der Waals surface area contributed by atoms with Crippen LogP contribution < -0.4 is 10.6 Å². The van der Waals surface area contributed by atoms with Crippen LogP contribution in [-0.4, -0.2) is 60.4 Å². The van der Waals surface area contributed by atoms with Crippen molar-refractivity contribution in [2.45, 2.75) is 38.5 Å². The van der Waals surface area contributed by atoms with Crippen molar-refractivity contribution < 1.29 is 14.4 Å². The van der Waals surface area contributed by atoms with Crippen molar-refractivity contribution in [2.75, 3.05) is 38.0 Å². The maximum Gasteiger partial charge on any atom is 0.325 e. The highest BCUT2D eigenvalue weighted by Gasteiger charge is 2.24. The molecule has 1 saturated heterocycles. The Morgan fingerprint density at radius 2 is 1.64 bits per heavy atom. The summed E-state index contributed by atoms with van der Waals surface area (Å²) in [6.07, 6.45) is 6.82. The number of urea groups is 1. The summed E-state index contributed by atoms with van der Waals surface area (Å²) in [4.78, 5) is 40.2. The van der Waals surface area contributed by atoms with E-state index in [1.165, 1.54) is 25.7 Å². The average Bonchev–Trinajstić information content (AvgIpc) is 3.21. The van der Waals surface area contributed by atoms with Gasteiger partial charge in [0.1, 0.15) is 0 Å². The van der Waals surface area contributed by atoms with Gasteiger partial charge in [-0.3, -0.25) is 19.8 Å². The number of nitrogens with one attached hydrogen (secondary N) is 2. The van der Waals surface area contributed by atoms with Crippen LogP contribution in [0.1, 0.15) is 38.5 Å². The Morgan fingerprint density at radius 1 is 0.964 bits per heavy atom. The van der Waals surface area contributed by atoms with E-state index in [4.69, 9.17) is 0 Å². The Kier molecular flexibility index (Phi) is 7.42. The smallest absolute Gasteiger partial charge is 0.325 e. The first-order chi connectivity index (χ1) is 13.6. The summed E-state index contributed by atoms with van der Waals surface area (Å²) in [7, 11) is 0. The van der Waals surface area contributed by atoms with E-state index < -0.39 is 6.03 Å². The molecule has 1 aromatic rings. The second-order valence-corrected chi connectivity index (χ2v) is 7.71. The SMILES string of the molecule is O=C(CN1CCN(C(=O)CCC2CCCC2)CC1)NC(=O)Nc1ccccc1. The number of nitrogens with zero attached hydrogens (tertiary/aromatic N) is 2. The van der Waals surface area contributed by atoms with Crippen LogP contribution in [0, 0.1) is 5.92 Å². The van der Waals surface area contributed by atoms with Crippen molar-refractivity contribution in [3.05, 3.63) is 30.3 Å². The van der Waals surface area contributed by atoms with E-state index >= 15 is 0 Å². The maximum absolute atomic E-state index is 12.4. The van der Waals surface area contributed by atoms with Crippen LogP contribution in [0.15, 0.2) is 30.3 Å². The predicted molar refractivity (Wildman–Crippen MR) is 108 cm³/mol. The van der Waals surface area contributed by atoms with Crippen molar-refractivity contribution in [1.29, 1.82) is 0 Å². The normalized spacial score (nSPS) is 18.1. The second-order valence-electron chi connectivity index (χ2n) is 7.71. The fraction of sp³-hybridized carbons (Fsp3) is 0.571. The highest BCUT2D eigenvalue weighted by atomic mass is 16.2. The Balaban J connectivity index is 1.32. The van der Waals surface area contributed by atoms with Crippen LogP contribution in [0.3, 0.4) is 0 Å². The number of imide groups is 1. The number of hydrogen-bond donors (Lipinski definition) is 2. The molecule has 1 saturated carbocycles. The first-order valence-electron chi connectivity index (χ1n) is 10.3. The molecule has 0 unspecified atom stereocenters. The number of carbonyl (C=O) groups excluding carboxylic acids is 3. The van der Waals surface area contributed by atoms with E-state index in [0.29, 0.717) is 38.3 Å². The van der Waals surface area contributed by atoms with Gasteiger partial charge < -0.3 is 10.2 Å². The molecule has 1 heterocycles. The minimum atomic E-state index is -0.531. The van der Waals surface area contributed by atoms with Gasteiger partial charge in [-0.05, 0) is 24.5 Å². The van der Waals surface area contributed by atoms with Gasteiger partial charge in [0.25, 0.3) is 0 Å². The molecule has 4 amide bonds. The lowest BCUT2D eigenvalue weighted by Crippen LogP contribution is -2.51. The van der Waals surface area contributed by atoms with Crippen molar-refractivity contribution >= 4 is 23.5 Å². The van der Waals surface area contributed by atoms with Crippen molar-refractivity contribution in [3.8, 4) is 0 Å². The Labute approximate surface area is 166 Å². The first kappa shape index (κ1) is 20.3. The minimum absolute atomic E-state index is 0.159. The minimum Gasteiger partial charge on any atom is -0.340 e. The lowest BCUT2D eigenvalue weighted by molar-refractivity contribution is -0.133. The first-order valence-corrected chi connectivity index (χ1v) is 10.3. The molecule has 152 valence electrons. The summed E-state index contributed by atoms with van der Waals surface area (Å²) < 4.78 is 0. The Morgan fingerprint density at radius 3 is 2.32 bits per heavy atom. The third-order valence-electron chi connectivity index (χ3n) is 5.62. The fourth-order valence-corrected chi connectivity index (χ4v) is 3.99. The van der Waals surface area contributed by atoms with E-state index in [-0.39, 0.29) is 18.4 Å². The zero-order chi connectivity index (χ0) is 19.8. The lowest BCUT2D eigenvalue weighted by Gasteiger charge is -2.34. The Bertz CT molecular complexity index is 665. The highest BCUT2D eigenvalue weighted by molar-refractivity contribution is 6.01. The number of piperazine rings is 1. The van der Waals surface area contributed by atoms with Crippen LogP contribution in [-0.2, 0) is 9.59 Å². The summed E-state index contributed by atoms with van der Waals surface area (Å²) in [6.45, 7) is 2.76. The number of hydrogen-bond acceptors (Lipinski definition) is 4. The molecule has 28 heavy (non-hydrogen) atoms. The van der Waals surface area contributed by atoms with Crippen molar-refractivity contribution in [1.82, 2.24) is 15.1 Å². The monoisotopic (exact) mass is 386 g/mol. The third-order valence-corrected chi connectivity index (χ3v) is 5.62. The van der Waals surface area contributed by atoms with Crippen LogP contribution in [0.4, 0.5) is 10.5 Å². The number of rotatable bonds is 6. The number of amides is 4. The van der Waals surface area contributed by atoms with Gasteiger partial charge in [-0.25, -0.2) is 4.79 Å². The number of anilines is 1. The Hall–Kier alpha value is -2.41. The number of benzene rings is 1. The third kappa shape index (κ3) is 6.34. The molecule has 0 radical (unpaired) electrons. The van der Waals surface area contributed by atoms with Gasteiger partial charge in [-0.2, -0.15) is 0 Å². The standard InChI is InChI=1S/C21H30N4O3/c26-19(23-21(28)22-18-8-2-1-3-9-18)16-24-12-14-25(15-13-24)20(27)11-10-17-6-4-5-7-17/h1-3,8-9,17H,4-7,10-16H2,(H2,22,23,26,28). The van der Waals surface area contributed by atoms with Gasteiger partial charge in [0, 0.05) is 38.3 Å². The fourth-order valence-electron chi connectivity index (χ4n) is 3.99. The quantitative estimate of drug-likeness (QED) is 0.787. The van der Waals surface area contributed by atoms with Gasteiger partial charge in [-0.1, -0.05) is 43.9 Å². The van der Waals surface area contributed by atoms with E-state index in [2.05, 4.69) is 10.6 Å². The lowest BCUT2D eigenvalue weighted by atomic mass is 10.0. The molecule has 1 aromatic carbocycles. The second kappa shape index (κ2) is 10.2. The molecule has 0 spiro atoms. The summed E-state index contributed by atoms with van der Waals surface area (Å²) in [5.41, 5.74) is 0.637. The molecule has 0 bridgehead atoms. The number of para-hydroxylation sites is 1. The largest absolute Gasteiger partial charge is 0.340 e. The van der Waals surface area contributed by atoms with Crippen LogP contribution >= 0.6 is 0 Å². The molecule has 2 fully saturated rings. The molecule has 2 N–H and O–H groups in total. The van der Waals surface area contributed by atoms with E-state index in [9.17, 15) is 14.4 Å². The molecule has 1 aliphatic heterocycles. The van der Waals surface area contributed by atoms with Gasteiger partial charge in [-0.15, -0.1) is 0 Å². The highest BCUT2D eigenvalue weighted by Crippen LogP contribution is 2.28.